The lowest BCUT2D eigenvalue weighted by Crippen LogP contribution is -2.26. The van der Waals surface area contributed by atoms with Gasteiger partial charge in [0, 0.05) is 18.5 Å². The van der Waals surface area contributed by atoms with Crippen LogP contribution in [0.2, 0.25) is 0 Å². The smallest absolute Gasteiger partial charge is 0.266 e. The lowest BCUT2D eigenvalue weighted by atomic mass is 10.3. The fraction of sp³-hybridized carbons (Fsp3) is 0.400. The van der Waals surface area contributed by atoms with Gasteiger partial charge >= 0.3 is 0 Å². The molecule has 8 nitrogen and oxygen atoms in total. The molecule has 0 aliphatic heterocycles. The number of anilines is 1. The standard InChI is InChI=1S/C15H17N7O/c1-10-17-18-14-6-5-13(20-22(10)14)16-8-9-21-15(23)7-4-12(19-21)11-2-3-11/h4-7,11H,2-3,8-9H2,1H3,(H,16,20). The molecular formula is C15H17N7O. The predicted octanol–water partition coefficient (Wildman–Crippen LogP) is 0.979. The normalized spacial score (nSPS) is 14.3. The molecule has 1 N–H and O–H groups in total. The molecule has 1 fully saturated rings. The zero-order valence-electron chi connectivity index (χ0n) is 12.8. The molecule has 23 heavy (non-hydrogen) atoms. The van der Waals surface area contributed by atoms with Crippen molar-refractivity contribution in [2.24, 2.45) is 0 Å². The lowest BCUT2D eigenvalue weighted by molar-refractivity contribution is 0.581. The Hall–Kier alpha value is -2.77. The Labute approximate surface area is 132 Å². The number of hydrogen-bond acceptors (Lipinski definition) is 6. The van der Waals surface area contributed by atoms with Gasteiger partial charge in [-0.3, -0.25) is 4.79 Å². The highest BCUT2D eigenvalue weighted by Gasteiger charge is 2.25. The summed E-state index contributed by atoms with van der Waals surface area (Å²) in [5.74, 6) is 1.99. The van der Waals surface area contributed by atoms with Gasteiger partial charge in [-0.05, 0) is 38.0 Å². The number of nitrogens with zero attached hydrogens (tertiary/aromatic N) is 6. The van der Waals surface area contributed by atoms with Crippen LogP contribution in [0.1, 0.15) is 30.3 Å². The number of fused-ring (bicyclic) bond motifs is 1. The Kier molecular flexibility index (Phi) is 3.29. The van der Waals surface area contributed by atoms with Crippen LogP contribution in [-0.4, -0.2) is 36.1 Å². The minimum absolute atomic E-state index is 0.0748. The summed E-state index contributed by atoms with van der Waals surface area (Å²) >= 11 is 0. The van der Waals surface area contributed by atoms with Crippen molar-refractivity contribution in [1.82, 2.24) is 29.6 Å². The summed E-state index contributed by atoms with van der Waals surface area (Å²) in [6.07, 6.45) is 2.34. The third kappa shape index (κ3) is 2.79. The van der Waals surface area contributed by atoms with Gasteiger partial charge in [-0.15, -0.1) is 15.3 Å². The maximum Gasteiger partial charge on any atom is 0.266 e. The molecule has 0 aromatic carbocycles. The summed E-state index contributed by atoms with van der Waals surface area (Å²) in [7, 11) is 0. The Balaban J connectivity index is 1.45. The van der Waals surface area contributed by atoms with Gasteiger partial charge in [0.2, 0.25) is 0 Å². The van der Waals surface area contributed by atoms with E-state index in [1.165, 1.54) is 17.5 Å². The molecule has 1 aliphatic carbocycles. The first kappa shape index (κ1) is 13.9. The fourth-order valence-electron chi connectivity index (χ4n) is 2.50. The monoisotopic (exact) mass is 311 g/mol. The second-order valence-corrected chi connectivity index (χ2v) is 5.76. The van der Waals surface area contributed by atoms with Crippen LogP contribution in [0.15, 0.2) is 29.1 Å². The number of aromatic nitrogens is 6. The SMILES string of the molecule is Cc1nnc2ccc(NCCn3nc(C4CC4)ccc3=O)nn12. The van der Waals surface area contributed by atoms with E-state index in [1.54, 1.807) is 10.6 Å². The molecule has 0 amide bonds. The van der Waals surface area contributed by atoms with Crippen LogP contribution in [0, 0.1) is 6.92 Å². The second kappa shape index (κ2) is 5.45. The fourth-order valence-corrected chi connectivity index (χ4v) is 2.50. The van der Waals surface area contributed by atoms with Crippen LogP contribution >= 0.6 is 0 Å². The molecule has 3 heterocycles. The molecule has 118 valence electrons. The molecule has 0 spiro atoms. The lowest BCUT2D eigenvalue weighted by Gasteiger charge is -2.08. The van der Waals surface area contributed by atoms with Crippen molar-refractivity contribution in [2.45, 2.75) is 32.2 Å². The molecule has 0 unspecified atom stereocenters. The Morgan fingerprint density at radius 1 is 1.17 bits per heavy atom. The molecule has 8 heteroatoms. The average molecular weight is 311 g/mol. The van der Waals surface area contributed by atoms with Gasteiger partial charge in [-0.25, -0.2) is 4.68 Å². The van der Waals surface area contributed by atoms with E-state index in [-0.39, 0.29) is 5.56 Å². The molecule has 1 saturated carbocycles. The van der Waals surface area contributed by atoms with Gasteiger partial charge in [-0.2, -0.15) is 9.61 Å². The van der Waals surface area contributed by atoms with Crippen molar-refractivity contribution < 1.29 is 0 Å². The van der Waals surface area contributed by atoms with Gasteiger partial charge in [0.25, 0.3) is 5.56 Å². The van der Waals surface area contributed by atoms with Crippen molar-refractivity contribution in [3.05, 3.63) is 46.1 Å². The van der Waals surface area contributed by atoms with Crippen molar-refractivity contribution in [2.75, 3.05) is 11.9 Å². The van der Waals surface area contributed by atoms with Crippen LogP contribution in [0.5, 0.6) is 0 Å². The molecular weight excluding hydrogens is 294 g/mol. The van der Waals surface area contributed by atoms with E-state index in [0.29, 0.717) is 30.5 Å². The van der Waals surface area contributed by atoms with Gasteiger partial charge < -0.3 is 5.32 Å². The van der Waals surface area contributed by atoms with E-state index in [2.05, 4.69) is 25.7 Å². The Bertz CT molecular complexity index is 910. The van der Waals surface area contributed by atoms with Crippen LogP contribution in [0.4, 0.5) is 5.82 Å². The van der Waals surface area contributed by atoms with E-state index in [4.69, 9.17) is 0 Å². The third-order valence-electron chi connectivity index (χ3n) is 3.93. The summed E-state index contributed by atoms with van der Waals surface area (Å²) < 4.78 is 3.20. The van der Waals surface area contributed by atoms with Gasteiger partial charge in [0.1, 0.15) is 5.82 Å². The summed E-state index contributed by atoms with van der Waals surface area (Å²) in [4.78, 5) is 11.9. The minimum atomic E-state index is -0.0748. The van der Waals surface area contributed by atoms with Crippen LogP contribution in [-0.2, 0) is 6.54 Å². The highest BCUT2D eigenvalue weighted by molar-refractivity contribution is 5.43. The quantitative estimate of drug-likeness (QED) is 0.755. The van der Waals surface area contributed by atoms with Crippen LogP contribution < -0.4 is 10.9 Å². The zero-order chi connectivity index (χ0) is 15.8. The molecule has 0 saturated heterocycles. The molecule has 0 radical (unpaired) electrons. The van der Waals surface area contributed by atoms with E-state index >= 15 is 0 Å². The summed E-state index contributed by atoms with van der Waals surface area (Å²) in [5, 5.41) is 20.0. The third-order valence-corrected chi connectivity index (χ3v) is 3.93. The van der Waals surface area contributed by atoms with Gasteiger partial charge in [0.05, 0.1) is 12.2 Å². The van der Waals surface area contributed by atoms with E-state index in [9.17, 15) is 4.79 Å². The largest absolute Gasteiger partial charge is 0.367 e. The first-order valence-electron chi connectivity index (χ1n) is 7.72. The zero-order valence-corrected chi connectivity index (χ0v) is 12.8. The average Bonchev–Trinajstić information content (AvgIpc) is 3.34. The predicted molar refractivity (Wildman–Crippen MR) is 84.5 cm³/mol. The Morgan fingerprint density at radius 2 is 2.04 bits per heavy atom. The topological polar surface area (TPSA) is 90.0 Å². The molecule has 3 aromatic heterocycles. The van der Waals surface area contributed by atoms with Crippen molar-refractivity contribution in [3.8, 4) is 0 Å². The molecule has 3 aromatic rings. The van der Waals surface area contributed by atoms with Crippen LogP contribution in [0.25, 0.3) is 5.65 Å². The van der Waals surface area contributed by atoms with Crippen molar-refractivity contribution in [3.63, 3.8) is 0 Å². The summed E-state index contributed by atoms with van der Waals surface area (Å²) in [6, 6.07) is 7.15. The van der Waals surface area contributed by atoms with E-state index < -0.39 is 0 Å². The highest BCUT2D eigenvalue weighted by Crippen LogP contribution is 2.38. The molecule has 0 bridgehead atoms. The maximum atomic E-state index is 11.9. The first-order valence-corrected chi connectivity index (χ1v) is 7.72. The van der Waals surface area contributed by atoms with Crippen molar-refractivity contribution >= 4 is 11.5 Å². The summed E-state index contributed by atoms with van der Waals surface area (Å²) in [5.41, 5.74) is 1.65. The minimum Gasteiger partial charge on any atom is -0.367 e. The number of rotatable bonds is 5. The molecule has 0 atom stereocenters. The van der Waals surface area contributed by atoms with Crippen molar-refractivity contribution in [1.29, 1.82) is 0 Å². The Morgan fingerprint density at radius 3 is 2.87 bits per heavy atom. The molecule has 1 aliphatic rings. The number of aryl methyl sites for hydroxylation is 1. The van der Waals surface area contributed by atoms with E-state index in [0.717, 1.165) is 11.5 Å². The number of nitrogens with one attached hydrogen (secondary N) is 1. The molecule has 4 rings (SSSR count). The van der Waals surface area contributed by atoms with Gasteiger partial charge in [-0.1, -0.05) is 0 Å². The maximum absolute atomic E-state index is 11.9. The van der Waals surface area contributed by atoms with Gasteiger partial charge in [0.15, 0.2) is 11.5 Å². The highest BCUT2D eigenvalue weighted by atomic mass is 16.1. The second-order valence-electron chi connectivity index (χ2n) is 5.76. The van der Waals surface area contributed by atoms with Crippen LogP contribution in [0.3, 0.4) is 0 Å². The first-order chi connectivity index (χ1) is 11.2. The van der Waals surface area contributed by atoms with E-state index in [1.807, 2.05) is 25.1 Å². The summed E-state index contributed by atoms with van der Waals surface area (Å²) in [6.45, 7) is 2.92. The number of hydrogen-bond donors (Lipinski definition) is 1.